The second kappa shape index (κ2) is 6.05. The highest BCUT2D eigenvalue weighted by molar-refractivity contribution is 7.16. The molecule has 0 fully saturated rings. The molecule has 0 atom stereocenters. The van der Waals surface area contributed by atoms with Gasteiger partial charge in [-0.1, -0.05) is 23.7 Å². The molecule has 0 saturated heterocycles. The molecule has 17 heavy (non-hydrogen) atoms. The Labute approximate surface area is 110 Å². The lowest BCUT2D eigenvalue weighted by molar-refractivity contribution is 0.475. The summed E-state index contributed by atoms with van der Waals surface area (Å²) in [5.74, 6) is 0.315. The van der Waals surface area contributed by atoms with Gasteiger partial charge in [0.2, 0.25) is 0 Å². The molecule has 2 nitrogen and oxygen atoms in total. The van der Waals surface area contributed by atoms with Gasteiger partial charge in [0.15, 0.2) is 0 Å². The molecule has 0 aliphatic carbocycles. The Balaban J connectivity index is 1.71. The minimum absolute atomic E-state index is 0.315. The first-order valence-electron chi connectivity index (χ1n) is 5.47. The third-order valence-corrected chi connectivity index (χ3v) is 3.69. The number of benzene rings is 1. The van der Waals surface area contributed by atoms with Crippen molar-refractivity contribution in [1.82, 2.24) is 5.32 Å². The van der Waals surface area contributed by atoms with Crippen molar-refractivity contribution in [3.63, 3.8) is 0 Å². The summed E-state index contributed by atoms with van der Waals surface area (Å²) in [6.07, 6.45) is 0.958. The zero-order chi connectivity index (χ0) is 12.1. The lowest BCUT2D eigenvalue weighted by Crippen LogP contribution is -2.15. The van der Waals surface area contributed by atoms with Crippen molar-refractivity contribution in [3.05, 3.63) is 51.2 Å². The van der Waals surface area contributed by atoms with E-state index in [2.05, 4.69) is 5.32 Å². The highest BCUT2D eigenvalue weighted by Crippen LogP contribution is 2.20. The van der Waals surface area contributed by atoms with Crippen LogP contribution in [0.1, 0.15) is 10.4 Å². The molecule has 2 aromatic rings. The monoisotopic (exact) mass is 267 g/mol. The fourth-order valence-corrected chi connectivity index (χ4v) is 2.61. The van der Waals surface area contributed by atoms with E-state index in [1.165, 1.54) is 10.4 Å². The summed E-state index contributed by atoms with van der Waals surface area (Å²) in [5, 5.41) is 12.5. The SMILES string of the molecule is Oc1ccc(CCNCc2ccc(Cl)s2)cc1. The van der Waals surface area contributed by atoms with Crippen molar-refractivity contribution in [2.45, 2.75) is 13.0 Å². The molecule has 0 aliphatic rings. The van der Waals surface area contributed by atoms with Crippen molar-refractivity contribution in [2.75, 3.05) is 6.54 Å². The van der Waals surface area contributed by atoms with Gasteiger partial charge in [0.25, 0.3) is 0 Å². The second-order valence-corrected chi connectivity index (χ2v) is 5.60. The second-order valence-electron chi connectivity index (χ2n) is 3.80. The van der Waals surface area contributed by atoms with Crippen molar-refractivity contribution in [1.29, 1.82) is 0 Å². The summed E-state index contributed by atoms with van der Waals surface area (Å²) in [5.41, 5.74) is 1.22. The summed E-state index contributed by atoms with van der Waals surface area (Å²) >= 11 is 7.46. The lowest BCUT2D eigenvalue weighted by Gasteiger charge is -2.03. The molecule has 4 heteroatoms. The van der Waals surface area contributed by atoms with Crippen LogP contribution in [0.25, 0.3) is 0 Å². The Hall–Kier alpha value is -1.03. The molecular formula is C13H14ClNOS. The van der Waals surface area contributed by atoms with Crippen molar-refractivity contribution in [3.8, 4) is 5.75 Å². The van der Waals surface area contributed by atoms with Gasteiger partial charge in [0.05, 0.1) is 4.34 Å². The number of rotatable bonds is 5. The number of hydrogen-bond acceptors (Lipinski definition) is 3. The number of hydrogen-bond donors (Lipinski definition) is 2. The molecule has 0 spiro atoms. The fourth-order valence-electron chi connectivity index (χ4n) is 1.55. The molecule has 0 radical (unpaired) electrons. The average Bonchev–Trinajstić information content (AvgIpc) is 2.73. The summed E-state index contributed by atoms with van der Waals surface area (Å²) in [7, 11) is 0. The molecule has 1 aromatic heterocycles. The predicted octanol–water partition coefficient (Wildman–Crippen LogP) is 3.44. The Morgan fingerprint density at radius 3 is 2.53 bits per heavy atom. The van der Waals surface area contributed by atoms with Crippen LogP contribution in [0.4, 0.5) is 0 Å². The van der Waals surface area contributed by atoms with Gasteiger partial charge in [-0.3, -0.25) is 0 Å². The van der Waals surface area contributed by atoms with Crippen LogP contribution in [0.3, 0.4) is 0 Å². The van der Waals surface area contributed by atoms with Crippen molar-refractivity contribution in [2.24, 2.45) is 0 Å². The van der Waals surface area contributed by atoms with E-state index >= 15 is 0 Å². The third kappa shape index (κ3) is 4.04. The highest BCUT2D eigenvalue weighted by Gasteiger charge is 1.97. The van der Waals surface area contributed by atoms with Gasteiger partial charge in [-0.25, -0.2) is 0 Å². The molecule has 1 heterocycles. The van der Waals surface area contributed by atoms with E-state index in [1.54, 1.807) is 23.5 Å². The molecule has 0 saturated carbocycles. The van der Waals surface area contributed by atoms with Crippen molar-refractivity contribution < 1.29 is 5.11 Å². The van der Waals surface area contributed by atoms with E-state index in [0.717, 1.165) is 23.8 Å². The van der Waals surface area contributed by atoms with Gasteiger partial charge >= 0.3 is 0 Å². The van der Waals surface area contributed by atoms with Gasteiger partial charge in [0.1, 0.15) is 5.75 Å². The fraction of sp³-hybridized carbons (Fsp3) is 0.231. The Morgan fingerprint density at radius 2 is 1.88 bits per heavy atom. The Morgan fingerprint density at radius 1 is 1.12 bits per heavy atom. The number of phenols is 1. The maximum Gasteiger partial charge on any atom is 0.115 e. The van der Waals surface area contributed by atoms with Crippen LogP contribution in [0.15, 0.2) is 36.4 Å². The van der Waals surface area contributed by atoms with Gasteiger partial charge in [-0.05, 0) is 42.8 Å². The van der Waals surface area contributed by atoms with Crippen LogP contribution in [-0.4, -0.2) is 11.7 Å². The molecule has 0 bridgehead atoms. The van der Waals surface area contributed by atoms with Gasteiger partial charge in [-0.2, -0.15) is 0 Å². The van der Waals surface area contributed by atoms with E-state index in [4.69, 9.17) is 16.7 Å². The average molecular weight is 268 g/mol. The quantitative estimate of drug-likeness (QED) is 0.814. The molecular weight excluding hydrogens is 254 g/mol. The molecule has 2 rings (SSSR count). The number of aromatic hydroxyl groups is 1. The first-order valence-corrected chi connectivity index (χ1v) is 6.66. The minimum Gasteiger partial charge on any atom is -0.508 e. The van der Waals surface area contributed by atoms with Crippen LogP contribution in [-0.2, 0) is 13.0 Å². The molecule has 1 aromatic carbocycles. The number of thiophene rings is 1. The summed E-state index contributed by atoms with van der Waals surface area (Å²) in [6, 6.07) is 11.3. The Bertz CT molecular complexity index is 467. The maximum absolute atomic E-state index is 9.15. The summed E-state index contributed by atoms with van der Waals surface area (Å²) < 4.78 is 0.834. The Kier molecular flexibility index (Phi) is 4.42. The first-order chi connectivity index (χ1) is 8.24. The van der Waals surface area contributed by atoms with Gasteiger partial charge in [-0.15, -0.1) is 11.3 Å². The van der Waals surface area contributed by atoms with Crippen LogP contribution >= 0.6 is 22.9 Å². The van der Waals surface area contributed by atoms with Gasteiger partial charge < -0.3 is 10.4 Å². The smallest absolute Gasteiger partial charge is 0.115 e. The van der Waals surface area contributed by atoms with E-state index in [-0.39, 0.29) is 0 Å². The maximum atomic E-state index is 9.15. The minimum atomic E-state index is 0.315. The largest absolute Gasteiger partial charge is 0.508 e. The number of phenolic OH excluding ortho intramolecular Hbond substituents is 1. The molecule has 0 aliphatic heterocycles. The molecule has 90 valence electrons. The summed E-state index contributed by atoms with van der Waals surface area (Å²) in [6.45, 7) is 1.77. The third-order valence-electron chi connectivity index (χ3n) is 2.45. The predicted molar refractivity (Wildman–Crippen MR) is 72.8 cm³/mol. The van der Waals surface area contributed by atoms with E-state index in [9.17, 15) is 0 Å². The van der Waals surface area contributed by atoms with Crippen LogP contribution in [0.5, 0.6) is 5.75 Å². The van der Waals surface area contributed by atoms with Crippen LogP contribution < -0.4 is 5.32 Å². The normalized spacial score (nSPS) is 10.6. The zero-order valence-corrected chi connectivity index (χ0v) is 10.9. The van der Waals surface area contributed by atoms with E-state index < -0.39 is 0 Å². The lowest BCUT2D eigenvalue weighted by atomic mass is 10.1. The van der Waals surface area contributed by atoms with E-state index in [0.29, 0.717) is 5.75 Å². The summed E-state index contributed by atoms with van der Waals surface area (Å²) in [4.78, 5) is 1.25. The first kappa shape index (κ1) is 12.4. The molecule has 2 N–H and O–H groups in total. The number of halogens is 1. The van der Waals surface area contributed by atoms with Crippen LogP contribution in [0.2, 0.25) is 4.34 Å². The number of nitrogens with one attached hydrogen (secondary N) is 1. The van der Waals surface area contributed by atoms with E-state index in [1.807, 2.05) is 24.3 Å². The highest BCUT2D eigenvalue weighted by atomic mass is 35.5. The zero-order valence-electron chi connectivity index (χ0n) is 9.32. The standard InChI is InChI=1S/C13H14ClNOS/c14-13-6-5-12(17-13)9-15-8-7-10-1-3-11(16)4-2-10/h1-6,15-16H,7-9H2. The molecule has 0 amide bonds. The van der Waals surface area contributed by atoms with Gasteiger partial charge in [0, 0.05) is 11.4 Å². The van der Waals surface area contributed by atoms with Crippen molar-refractivity contribution >= 4 is 22.9 Å². The topological polar surface area (TPSA) is 32.3 Å². The van der Waals surface area contributed by atoms with Crippen LogP contribution in [0, 0.1) is 0 Å². The molecule has 0 unspecified atom stereocenters.